The maximum atomic E-state index is 5.12. The van der Waals surface area contributed by atoms with Crippen LogP contribution in [0.4, 0.5) is 11.6 Å². The maximum Gasteiger partial charge on any atom is 0.232 e. The molecule has 1 aromatic carbocycles. The van der Waals surface area contributed by atoms with E-state index in [4.69, 9.17) is 4.74 Å². The number of anilines is 2. The molecule has 0 saturated carbocycles. The normalized spacial score (nSPS) is 10.2. The van der Waals surface area contributed by atoms with E-state index in [1.165, 1.54) is 0 Å². The van der Waals surface area contributed by atoms with Gasteiger partial charge in [-0.3, -0.25) is 0 Å². The number of ether oxygens (including phenoxy) is 1. The second-order valence-corrected chi connectivity index (χ2v) is 5.84. The summed E-state index contributed by atoms with van der Waals surface area (Å²) in [5.74, 6) is 0.943. The van der Waals surface area contributed by atoms with Gasteiger partial charge in [-0.2, -0.15) is 4.98 Å². The highest BCUT2D eigenvalue weighted by atomic mass is 79.9. The van der Waals surface area contributed by atoms with Crippen LogP contribution in [0.3, 0.4) is 0 Å². The Labute approximate surface area is 130 Å². The summed E-state index contributed by atoms with van der Waals surface area (Å²) < 4.78 is 7.67. The van der Waals surface area contributed by atoms with E-state index in [1.54, 1.807) is 13.3 Å². The number of benzene rings is 1. The first-order valence-electron chi connectivity index (χ1n) is 4.89. The van der Waals surface area contributed by atoms with E-state index in [2.05, 4.69) is 63.1 Å². The summed E-state index contributed by atoms with van der Waals surface area (Å²) in [6.07, 6.45) is 1.64. The van der Waals surface area contributed by atoms with Crippen molar-refractivity contribution in [1.29, 1.82) is 0 Å². The van der Waals surface area contributed by atoms with E-state index < -0.39 is 0 Å². The molecule has 1 heterocycles. The SMILES string of the molecule is COc1nc(Nc2c(Br)cccc2Br)ncc1Br. The van der Waals surface area contributed by atoms with Crippen LogP contribution in [0.15, 0.2) is 37.8 Å². The molecule has 0 fully saturated rings. The highest BCUT2D eigenvalue weighted by Gasteiger charge is 2.09. The zero-order valence-corrected chi connectivity index (χ0v) is 14.0. The zero-order chi connectivity index (χ0) is 13.1. The standard InChI is InChI=1S/C11H8Br3N3O/c1-18-10-8(14)5-15-11(17-10)16-9-6(12)3-2-4-7(9)13/h2-5H,1H3,(H,15,16,17). The molecule has 0 aliphatic rings. The predicted octanol–water partition coefficient (Wildman–Crippen LogP) is 4.52. The minimum absolute atomic E-state index is 0.461. The zero-order valence-electron chi connectivity index (χ0n) is 9.25. The van der Waals surface area contributed by atoms with Crippen LogP contribution < -0.4 is 10.1 Å². The van der Waals surface area contributed by atoms with Gasteiger partial charge in [-0.25, -0.2) is 4.98 Å². The topological polar surface area (TPSA) is 47.0 Å². The van der Waals surface area contributed by atoms with Crippen LogP contribution in [0.2, 0.25) is 0 Å². The van der Waals surface area contributed by atoms with Crippen molar-refractivity contribution < 1.29 is 4.74 Å². The van der Waals surface area contributed by atoms with Gasteiger partial charge in [0.05, 0.1) is 23.5 Å². The first kappa shape index (κ1) is 13.8. The molecule has 4 nitrogen and oxygen atoms in total. The third kappa shape index (κ3) is 3.02. The lowest BCUT2D eigenvalue weighted by atomic mass is 10.3. The molecule has 2 rings (SSSR count). The second-order valence-electron chi connectivity index (χ2n) is 3.27. The number of aromatic nitrogens is 2. The first-order valence-corrected chi connectivity index (χ1v) is 7.27. The molecule has 0 saturated heterocycles. The summed E-state index contributed by atoms with van der Waals surface area (Å²) in [4.78, 5) is 8.41. The van der Waals surface area contributed by atoms with Gasteiger partial charge >= 0.3 is 0 Å². The van der Waals surface area contributed by atoms with Gasteiger partial charge in [-0.05, 0) is 59.9 Å². The van der Waals surface area contributed by atoms with Crippen molar-refractivity contribution in [2.75, 3.05) is 12.4 Å². The molecule has 0 aliphatic heterocycles. The van der Waals surface area contributed by atoms with Crippen LogP contribution in [-0.2, 0) is 0 Å². The fourth-order valence-corrected chi connectivity index (χ4v) is 2.83. The Hall–Kier alpha value is -0.660. The fourth-order valence-electron chi connectivity index (χ4n) is 1.28. The third-order valence-corrected chi connectivity index (χ3v) is 3.97. The average Bonchev–Trinajstić information content (AvgIpc) is 2.36. The minimum atomic E-state index is 0.461. The summed E-state index contributed by atoms with van der Waals surface area (Å²) in [7, 11) is 1.56. The number of rotatable bonds is 3. The lowest BCUT2D eigenvalue weighted by molar-refractivity contribution is 0.394. The lowest BCUT2D eigenvalue weighted by Crippen LogP contribution is -2.00. The van der Waals surface area contributed by atoms with Crippen molar-refractivity contribution in [3.8, 4) is 5.88 Å². The quantitative estimate of drug-likeness (QED) is 0.767. The van der Waals surface area contributed by atoms with Gasteiger partial charge in [0.2, 0.25) is 11.8 Å². The van der Waals surface area contributed by atoms with E-state index >= 15 is 0 Å². The van der Waals surface area contributed by atoms with Crippen LogP contribution in [0, 0.1) is 0 Å². The molecule has 0 radical (unpaired) electrons. The summed E-state index contributed by atoms with van der Waals surface area (Å²) >= 11 is 10.2. The number of halogens is 3. The number of nitrogens with one attached hydrogen (secondary N) is 1. The van der Waals surface area contributed by atoms with Crippen molar-refractivity contribution in [1.82, 2.24) is 9.97 Å². The summed E-state index contributed by atoms with van der Waals surface area (Å²) in [6.45, 7) is 0. The highest BCUT2D eigenvalue weighted by Crippen LogP contribution is 2.33. The molecule has 7 heteroatoms. The van der Waals surface area contributed by atoms with Crippen LogP contribution in [0.1, 0.15) is 0 Å². The summed E-state index contributed by atoms with van der Waals surface area (Å²) in [5, 5.41) is 3.13. The predicted molar refractivity (Wildman–Crippen MR) is 81.4 cm³/mol. The molecule has 0 unspecified atom stereocenters. The fraction of sp³-hybridized carbons (Fsp3) is 0.0909. The van der Waals surface area contributed by atoms with E-state index in [1.807, 2.05) is 18.2 Å². The Morgan fingerprint density at radius 1 is 1.11 bits per heavy atom. The van der Waals surface area contributed by atoms with Gasteiger partial charge in [0.25, 0.3) is 0 Å². The molecular weight excluding hydrogens is 430 g/mol. The summed E-state index contributed by atoms with van der Waals surface area (Å²) in [6, 6.07) is 5.80. The molecule has 1 aromatic heterocycles. The van der Waals surface area contributed by atoms with Crippen molar-refractivity contribution >= 4 is 59.4 Å². The Balaban J connectivity index is 2.34. The smallest absolute Gasteiger partial charge is 0.232 e. The van der Waals surface area contributed by atoms with Gasteiger partial charge in [0.15, 0.2) is 0 Å². The molecule has 0 aliphatic carbocycles. The molecule has 18 heavy (non-hydrogen) atoms. The van der Waals surface area contributed by atoms with Crippen molar-refractivity contribution in [3.05, 3.63) is 37.8 Å². The number of hydrogen-bond donors (Lipinski definition) is 1. The first-order chi connectivity index (χ1) is 8.61. The van der Waals surface area contributed by atoms with Crippen molar-refractivity contribution in [2.24, 2.45) is 0 Å². The van der Waals surface area contributed by atoms with Crippen LogP contribution in [0.25, 0.3) is 0 Å². The molecule has 1 N–H and O–H groups in total. The average molecular weight is 438 g/mol. The van der Waals surface area contributed by atoms with E-state index in [0.29, 0.717) is 16.3 Å². The van der Waals surface area contributed by atoms with Crippen LogP contribution in [0.5, 0.6) is 5.88 Å². The van der Waals surface area contributed by atoms with Gasteiger partial charge in [0, 0.05) is 8.95 Å². The van der Waals surface area contributed by atoms with E-state index in [-0.39, 0.29) is 0 Å². The summed E-state index contributed by atoms with van der Waals surface area (Å²) in [5.41, 5.74) is 0.863. The number of para-hydroxylation sites is 1. The Kier molecular flexibility index (Phi) is 4.58. The maximum absolute atomic E-state index is 5.12. The Morgan fingerprint density at radius 3 is 2.39 bits per heavy atom. The Morgan fingerprint density at radius 2 is 1.78 bits per heavy atom. The number of methoxy groups -OCH3 is 1. The van der Waals surface area contributed by atoms with E-state index in [9.17, 15) is 0 Å². The molecule has 0 amide bonds. The third-order valence-electron chi connectivity index (χ3n) is 2.10. The molecule has 2 aromatic rings. The monoisotopic (exact) mass is 435 g/mol. The van der Waals surface area contributed by atoms with Crippen LogP contribution in [-0.4, -0.2) is 17.1 Å². The highest BCUT2D eigenvalue weighted by molar-refractivity contribution is 9.11. The van der Waals surface area contributed by atoms with E-state index in [0.717, 1.165) is 14.6 Å². The number of hydrogen-bond acceptors (Lipinski definition) is 4. The molecular formula is C11H8Br3N3O. The van der Waals surface area contributed by atoms with Crippen molar-refractivity contribution in [2.45, 2.75) is 0 Å². The molecule has 0 spiro atoms. The molecule has 94 valence electrons. The largest absolute Gasteiger partial charge is 0.480 e. The minimum Gasteiger partial charge on any atom is -0.480 e. The Bertz CT molecular complexity index is 557. The second kappa shape index (κ2) is 5.99. The molecule has 0 bridgehead atoms. The van der Waals surface area contributed by atoms with Gasteiger partial charge in [-0.1, -0.05) is 6.07 Å². The van der Waals surface area contributed by atoms with Crippen molar-refractivity contribution in [3.63, 3.8) is 0 Å². The molecule has 0 atom stereocenters. The van der Waals surface area contributed by atoms with Crippen LogP contribution >= 0.6 is 47.8 Å². The van der Waals surface area contributed by atoms with Gasteiger partial charge in [-0.15, -0.1) is 0 Å². The van der Waals surface area contributed by atoms with Gasteiger partial charge in [0.1, 0.15) is 0 Å². The van der Waals surface area contributed by atoms with Gasteiger partial charge < -0.3 is 10.1 Å². The lowest BCUT2D eigenvalue weighted by Gasteiger charge is -2.10. The number of nitrogens with zero attached hydrogens (tertiary/aromatic N) is 2.